The van der Waals surface area contributed by atoms with Crippen molar-refractivity contribution in [3.8, 4) is 5.75 Å². The summed E-state index contributed by atoms with van der Waals surface area (Å²) in [7, 11) is 0. The number of rotatable bonds is 3. The molecule has 2 aromatic rings. The Morgan fingerprint density at radius 2 is 2.16 bits per heavy atom. The average molecular weight is 340 g/mol. The quantitative estimate of drug-likeness (QED) is 0.754. The molecule has 8 nitrogen and oxygen atoms in total. The van der Waals surface area contributed by atoms with E-state index in [1.165, 1.54) is 0 Å². The predicted molar refractivity (Wildman–Crippen MR) is 88.6 cm³/mol. The number of H-pyrrole nitrogens is 1. The van der Waals surface area contributed by atoms with Crippen molar-refractivity contribution in [1.82, 2.24) is 15.3 Å². The highest BCUT2D eigenvalue weighted by Gasteiger charge is 2.20. The van der Waals surface area contributed by atoms with Gasteiger partial charge in [0.25, 0.3) is 17.4 Å². The molecule has 0 unspecified atom stereocenters. The summed E-state index contributed by atoms with van der Waals surface area (Å²) in [4.78, 5) is 42.4. The van der Waals surface area contributed by atoms with Crippen molar-refractivity contribution in [2.45, 2.75) is 25.8 Å². The Balaban J connectivity index is 1.47. The second-order valence-corrected chi connectivity index (χ2v) is 6.04. The minimum Gasteiger partial charge on any atom is -0.482 e. The van der Waals surface area contributed by atoms with E-state index in [1.807, 2.05) is 0 Å². The lowest BCUT2D eigenvalue weighted by atomic mass is 10.1. The Hall–Kier alpha value is -3.16. The molecule has 8 heteroatoms. The number of carbonyl (C=O) groups excluding carboxylic acids is 2. The van der Waals surface area contributed by atoms with E-state index in [0.717, 1.165) is 18.4 Å². The van der Waals surface area contributed by atoms with E-state index in [4.69, 9.17) is 4.74 Å². The monoisotopic (exact) mass is 340 g/mol. The number of hydrogen-bond acceptors (Lipinski definition) is 5. The van der Waals surface area contributed by atoms with Gasteiger partial charge in [-0.3, -0.25) is 14.4 Å². The molecule has 0 saturated carbocycles. The van der Waals surface area contributed by atoms with Gasteiger partial charge in [0, 0.05) is 12.1 Å². The molecule has 0 bridgehead atoms. The van der Waals surface area contributed by atoms with E-state index in [1.54, 1.807) is 18.2 Å². The van der Waals surface area contributed by atoms with E-state index in [0.29, 0.717) is 29.1 Å². The molecule has 0 atom stereocenters. The molecule has 2 aliphatic rings. The summed E-state index contributed by atoms with van der Waals surface area (Å²) in [6, 6.07) is 5.28. The molecule has 25 heavy (non-hydrogen) atoms. The molecule has 0 spiro atoms. The number of carbonyl (C=O) groups is 2. The molecule has 0 fully saturated rings. The van der Waals surface area contributed by atoms with Crippen LogP contribution < -0.4 is 20.9 Å². The maximum Gasteiger partial charge on any atom is 0.287 e. The van der Waals surface area contributed by atoms with Crippen LogP contribution in [-0.4, -0.2) is 28.4 Å². The number of benzene rings is 1. The molecule has 2 heterocycles. The van der Waals surface area contributed by atoms with E-state index in [9.17, 15) is 14.4 Å². The van der Waals surface area contributed by atoms with Gasteiger partial charge in [-0.05, 0) is 37.0 Å². The molecule has 0 saturated heterocycles. The van der Waals surface area contributed by atoms with Crippen molar-refractivity contribution in [1.29, 1.82) is 0 Å². The standard InChI is InChI=1S/C17H16N4O4/c22-14-8-25-13-5-4-9(6-12(13)19-14)7-18-17(24)15-20-11-3-1-2-10(11)16(23)21-15/h4-6H,1-3,7-8H2,(H,18,24)(H,19,22)(H,20,21,23). The molecule has 128 valence electrons. The minimum absolute atomic E-state index is 0.000440. The number of nitrogens with zero attached hydrogens (tertiary/aromatic N) is 1. The largest absolute Gasteiger partial charge is 0.482 e. The van der Waals surface area contributed by atoms with Crippen LogP contribution in [0.3, 0.4) is 0 Å². The Kier molecular flexibility index (Phi) is 3.72. The fraction of sp³-hybridized carbons (Fsp3) is 0.294. The van der Waals surface area contributed by atoms with Crippen LogP contribution in [0.25, 0.3) is 0 Å². The van der Waals surface area contributed by atoms with Gasteiger partial charge in [-0.25, -0.2) is 4.98 Å². The molecule has 1 aromatic carbocycles. The average Bonchev–Trinajstić information content (AvgIpc) is 3.08. The number of anilines is 1. The summed E-state index contributed by atoms with van der Waals surface area (Å²) in [5.74, 6) is -0.0297. The van der Waals surface area contributed by atoms with Gasteiger partial charge in [0.05, 0.1) is 11.4 Å². The van der Waals surface area contributed by atoms with E-state index in [2.05, 4.69) is 20.6 Å². The number of nitrogens with one attached hydrogen (secondary N) is 3. The van der Waals surface area contributed by atoms with Crippen molar-refractivity contribution in [2.75, 3.05) is 11.9 Å². The van der Waals surface area contributed by atoms with Crippen LogP contribution in [0.2, 0.25) is 0 Å². The fourth-order valence-corrected chi connectivity index (χ4v) is 3.06. The number of aromatic nitrogens is 2. The number of aromatic amines is 1. The van der Waals surface area contributed by atoms with Gasteiger partial charge in [-0.2, -0.15) is 0 Å². The highest BCUT2D eigenvalue weighted by atomic mass is 16.5. The van der Waals surface area contributed by atoms with Crippen LogP contribution in [0, 0.1) is 0 Å². The number of fused-ring (bicyclic) bond motifs is 2. The first-order valence-corrected chi connectivity index (χ1v) is 8.06. The van der Waals surface area contributed by atoms with Crippen molar-refractivity contribution in [2.24, 2.45) is 0 Å². The summed E-state index contributed by atoms with van der Waals surface area (Å²) in [6.07, 6.45) is 2.33. The van der Waals surface area contributed by atoms with Gasteiger partial charge in [-0.15, -0.1) is 0 Å². The third-order valence-corrected chi connectivity index (χ3v) is 4.29. The second kappa shape index (κ2) is 6.04. The molecular formula is C17H16N4O4. The summed E-state index contributed by atoms with van der Waals surface area (Å²) in [5.41, 5.74) is 2.53. The van der Waals surface area contributed by atoms with Crippen LogP contribution in [0.15, 0.2) is 23.0 Å². The molecule has 2 amide bonds. The van der Waals surface area contributed by atoms with E-state index < -0.39 is 5.91 Å². The molecule has 1 aliphatic carbocycles. The maximum absolute atomic E-state index is 12.3. The van der Waals surface area contributed by atoms with Crippen LogP contribution in [-0.2, 0) is 24.2 Å². The Morgan fingerprint density at radius 3 is 3.04 bits per heavy atom. The zero-order chi connectivity index (χ0) is 17.4. The van der Waals surface area contributed by atoms with Gasteiger partial charge in [0.15, 0.2) is 12.4 Å². The Labute approximate surface area is 142 Å². The highest BCUT2D eigenvalue weighted by molar-refractivity contribution is 5.95. The first kappa shape index (κ1) is 15.4. The molecule has 4 rings (SSSR count). The fourth-order valence-electron chi connectivity index (χ4n) is 3.06. The normalized spacial score (nSPS) is 15.0. The smallest absolute Gasteiger partial charge is 0.287 e. The lowest BCUT2D eigenvalue weighted by Gasteiger charge is -2.18. The third-order valence-electron chi connectivity index (χ3n) is 4.29. The van der Waals surface area contributed by atoms with Gasteiger partial charge >= 0.3 is 0 Å². The number of ether oxygens (including phenoxy) is 1. The summed E-state index contributed by atoms with van der Waals surface area (Å²) in [6.45, 7) is 0.239. The maximum atomic E-state index is 12.3. The number of amides is 2. The van der Waals surface area contributed by atoms with Gasteiger partial charge in [0.1, 0.15) is 5.75 Å². The zero-order valence-corrected chi connectivity index (χ0v) is 13.3. The van der Waals surface area contributed by atoms with Crippen LogP contribution in [0.4, 0.5) is 5.69 Å². The molecule has 1 aromatic heterocycles. The predicted octanol–water partition coefficient (Wildman–Crippen LogP) is 0.519. The lowest BCUT2D eigenvalue weighted by molar-refractivity contribution is -0.118. The Morgan fingerprint density at radius 1 is 1.28 bits per heavy atom. The molecule has 3 N–H and O–H groups in total. The highest BCUT2D eigenvalue weighted by Crippen LogP contribution is 2.28. The Bertz CT molecular complexity index is 935. The van der Waals surface area contributed by atoms with Crippen LogP contribution in [0.5, 0.6) is 5.75 Å². The van der Waals surface area contributed by atoms with Gasteiger partial charge in [0.2, 0.25) is 0 Å². The van der Waals surface area contributed by atoms with Crippen molar-refractivity contribution >= 4 is 17.5 Å². The minimum atomic E-state index is -0.440. The first-order chi connectivity index (χ1) is 12.1. The van der Waals surface area contributed by atoms with Crippen LogP contribution in [0.1, 0.15) is 33.9 Å². The van der Waals surface area contributed by atoms with Crippen molar-refractivity contribution < 1.29 is 14.3 Å². The first-order valence-electron chi connectivity index (χ1n) is 8.06. The third kappa shape index (κ3) is 2.98. The van der Waals surface area contributed by atoms with Crippen LogP contribution >= 0.6 is 0 Å². The van der Waals surface area contributed by atoms with Crippen molar-refractivity contribution in [3.63, 3.8) is 0 Å². The summed E-state index contributed by atoms with van der Waals surface area (Å²) < 4.78 is 5.29. The zero-order valence-electron chi connectivity index (χ0n) is 13.3. The summed E-state index contributed by atoms with van der Waals surface area (Å²) in [5, 5.41) is 5.45. The van der Waals surface area contributed by atoms with E-state index >= 15 is 0 Å². The van der Waals surface area contributed by atoms with Gasteiger partial charge < -0.3 is 20.4 Å². The van der Waals surface area contributed by atoms with Crippen molar-refractivity contribution in [3.05, 3.63) is 51.2 Å². The topological polar surface area (TPSA) is 113 Å². The number of hydrogen-bond donors (Lipinski definition) is 3. The molecule has 0 radical (unpaired) electrons. The number of aryl methyl sites for hydroxylation is 1. The SMILES string of the molecule is O=C1COc2ccc(CNC(=O)c3nc4c(c(=O)[nH]3)CCC4)cc2N1. The second-order valence-electron chi connectivity index (χ2n) is 6.04. The summed E-state index contributed by atoms with van der Waals surface area (Å²) >= 11 is 0. The van der Waals surface area contributed by atoms with E-state index in [-0.39, 0.29) is 30.4 Å². The van der Waals surface area contributed by atoms with Gasteiger partial charge in [-0.1, -0.05) is 6.07 Å². The molecule has 1 aliphatic heterocycles. The lowest BCUT2D eigenvalue weighted by Crippen LogP contribution is -2.29. The molecular weight excluding hydrogens is 324 g/mol.